The summed E-state index contributed by atoms with van der Waals surface area (Å²) in [7, 11) is 0. The third kappa shape index (κ3) is 4.94. The molecule has 2 aromatic rings. The molecule has 0 atom stereocenters. The number of nitrogens with two attached hydrogens (primary N) is 1. The lowest BCUT2D eigenvalue weighted by Crippen LogP contribution is -2.10. The summed E-state index contributed by atoms with van der Waals surface area (Å²) in [5.74, 6) is 0.840. The van der Waals surface area contributed by atoms with Crippen LogP contribution in [0.5, 0.6) is 0 Å². The number of hydrogen-bond donors (Lipinski definition) is 1. The van der Waals surface area contributed by atoms with Crippen molar-refractivity contribution in [1.29, 1.82) is 0 Å². The largest absolute Gasteiger partial charge is 0.378 e. The van der Waals surface area contributed by atoms with E-state index in [2.05, 4.69) is 50.0 Å². The molecule has 0 radical (unpaired) electrons. The van der Waals surface area contributed by atoms with Crippen molar-refractivity contribution in [3.63, 3.8) is 0 Å². The highest BCUT2D eigenvalue weighted by atomic mass is 32.2. The van der Waals surface area contributed by atoms with Crippen LogP contribution < -0.4 is 5.73 Å². The highest BCUT2D eigenvalue weighted by molar-refractivity contribution is 8.13. The second-order valence-electron chi connectivity index (χ2n) is 6.02. The molecule has 2 N–H and O–H groups in total. The van der Waals surface area contributed by atoms with Gasteiger partial charge in [0.05, 0.1) is 5.69 Å². The second kappa shape index (κ2) is 6.81. The van der Waals surface area contributed by atoms with Crippen molar-refractivity contribution < 1.29 is 0 Å². The highest BCUT2D eigenvalue weighted by Gasteiger charge is 2.12. The Morgan fingerprint density at radius 3 is 2.19 bits per heavy atom. The Hall–Kier alpha value is -1.74. The molecular formula is C18H22N2S. The summed E-state index contributed by atoms with van der Waals surface area (Å²) in [4.78, 5) is 4.39. The maximum absolute atomic E-state index is 5.97. The van der Waals surface area contributed by atoms with E-state index in [-0.39, 0.29) is 5.41 Å². The fourth-order valence-electron chi connectivity index (χ4n) is 1.92. The zero-order chi connectivity index (χ0) is 15.3. The minimum Gasteiger partial charge on any atom is -0.378 e. The van der Waals surface area contributed by atoms with Crippen molar-refractivity contribution >= 4 is 22.6 Å². The number of thioether (sulfide) groups is 1. The Kier molecular flexibility index (Phi) is 5.07. The summed E-state index contributed by atoms with van der Waals surface area (Å²) in [6, 6.07) is 18.5. The lowest BCUT2D eigenvalue weighted by atomic mass is 9.87. The molecule has 0 fully saturated rings. The van der Waals surface area contributed by atoms with Crippen LogP contribution >= 0.6 is 11.8 Å². The van der Waals surface area contributed by atoms with E-state index in [0.29, 0.717) is 5.17 Å². The monoisotopic (exact) mass is 298 g/mol. The summed E-state index contributed by atoms with van der Waals surface area (Å²) in [6.45, 7) is 6.67. The zero-order valence-electron chi connectivity index (χ0n) is 12.8. The third-order valence-electron chi connectivity index (χ3n) is 3.20. The first-order valence-electron chi connectivity index (χ1n) is 7.06. The standard InChI is InChI=1S/C18H22N2S/c1-18(2,3)15-11-9-14(10-12-15)13-21-17(19)20-16-7-5-4-6-8-16/h4-12H,13H2,1-3H3,(H2,19,20). The molecule has 0 heterocycles. The SMILES string of the molecule is CC(C)(C)c1ccc(CSC(N)=Nc2ccccc2)cc1. The molecule has 0 aliphatic carbocycles. The van der Waals surface area contributed by atoms with Gasteiger partial charge in [0.2, 0.25) is 0 Å². The maximum atomic E-state index is 5.97. The van der Waals surface area contributed by atoms with E-state index in [9.17, 15) is 0 Å². The number of rotatable bonds is 3. The van der Waals surface area contributed by atoms with Gasteiger partial charge in [-0.05, 0) is 28.7 Å². The van der Waals surface area contributed by atoms with Crippen molar-refractivity contribution in [2.45, 2.75) is 31.9 Å². The quantitative estimate of drug-likeness (QED) is 0.649. The normalized spacial score (nSPS) is 12.4. The first-order chi connectivity index (χ1) is 9.95. The van der Waals surface area contributed by atoms with Crippen molar-refractivity contribution in [2.24, 2.45) is 10.7 Å². The van der Waals surface area contributed by atoms with Crippen molar-refractivity contribution in [1.82, 2.24) is 0 Å². The number of para-hydroxylation sites is 1. The molecule has 21 heavy (non-hydrogen) atoms. The van der Waals surface area contributed by atoms with Crippen LogP contribution in [0, 0.1) is 0 Å². The number of amidine groups is 1. The van der Waals surface area contributed by atoms with Gasteiger partial charge in [-0.15, -0.1) is 0 Å². The van der Waals surface area contributed by atoms with Gasteiger partial charge < -0.3 is 5.73 Å². The molecule has 3 heteroatoms. The maximum Gasteiger partial charge on any atom is 0.159 e. The second-order valence-corrected chi connectivity index (χ2v) is 7.02. The molecule has 2 aromatic carbocycles. The van der Waals surface area contributed by atoms with E-state index in [1.165, 1.54) is 11.1 Å². The first-order valence-corrected chi connectivity index (χ1v) is 8.05. The van der Waals surface area contributed by atoms with Crippen LogP contribution in [-0.2, 0) is 11.2 Å². The molecule has 0 aliphatic heterocycles. The number of hydrogen-bond acceptors (Lipinski definition) is 2. The predicted molar refractivity (Wildman–Crippen MR) is 94.2 cm³/mol. The molecule has 0 unspecified atom stereocenters. The third-order valence-corrected chi connectivity index (χ3v) is 4.07. The Bertz CT molecular complexity index is 595. The van der Waals surface area contributed by atoms with E-state index in [4.69, 9.17) is 5.73 Å². The summed E-state index contributed by atoms with van der Waals surface area (Å²) >= 11 is 1.57. The van der Waals surface area contributed by atoms with Gasteiger partial charge >= 0.3 is 0 Å². The minimum atomic E-state index is 0.194. The Morgan fingerprint density at radius 2 is 1.62 bits per heavy atom. The Labute approximate surface area is 131 Å². The van der Waals surface area contributed by atoms with Crippen LogP contribution in [0.4, 0.5) is 5.69 Å². The van der Waals surface area contributed by atoms with E-state index in [1.54, 1.807) is 11.8 Å². The lowest BCUT2D eigenvalue weighted by molar-refractivity contribution is 0.590. The number of benzene rings is 2. The number of nitrogens with zero attached hydrogens (tertiary/aromatic N) is 1. The highest BCUT2D eigenvalue weighted by Crippen LogP contribution is 2.23. The molecule has 110 valence electrons. The lowest BCUT2D eigenvalue weighted by Gasteiger charge is -2.19. The molecule has 0 aromatic heterocycles. The van der Waals surface area contributed by atoms with Gasteiger partial charge in [0.25, 0.3) is 0 Å². The molecular weight excluding hydrogens is 276 g/mol. The van der Waals surface area contributed by atoms with E-state index in [1.807, 2.05) is 30.3 Å². The predicted octanol–water partition coefficient (Wildman–Crippen LogP) is 4.86. The molecule has 0 bridgehead atoms. The smallest absolute Gasteiger partial charge is 0.159 e. The topological polar surface area (TPSA) is 38.4 Å². The molecule has 0 spiro atoms. The van der Waals surface area contributed by atoms with Gasteiger partial charge in [-0.2, -0.15) is 0 Å². The van der Waals surface area contributed by atoms with Gasteiger partial charge in [-0.25, -0.2) is 4.99 Å². The average molecular weight is 298 g/mol. The van der Waals surface area contributed by atoms with Crippen LogP contribution in [-0.4, -0.2) is 5.17 Å². The van der Waals surface area contributed by atoms with E-state index in [0.717, 1.165) is 11.4 Å². The summed E-state index contributed by atoms with van der Waals surface area (Å²) in [5.41, 5.74) is 9.67. The summed E-state index contributed by atoms with van der Waals surface area (Å²) in [5, 5.41) is 0.598. The Morgan fingerprint density at radius 1 is 1.00 bits per heavy atom. The van der Waals surface area contributed by atoms with Crippen LogP contribution in [0.3, 0.4) is 0 Å². The van der Waals surface area contributed by atoms with Crippen LogP contribution in [0.15, 0.2) is 59.6 Å². The molecule has 0 saturated carbocycles. The van der Waals surface area contributed by atoms with Gasteiger partial charge in [-0.3, -0.25) is 0 Å². The summed E-state index contributed by atoms with van der Waals surface area (Å²) in [6.07, 6.45) is 0. The Balaban J connectivity index is 1.95. The van der Waals surface area contributed by atoms with Crippen LogP contribution in [0.1, 0.15) is 31.9 Å². The van der Waals surface area contributed by atoms with Crippen LogP contribution in [0.25, 0.3) is 0 Å². The van der Waals surface area contributed by atoms with Gasteiger partial charge in [0.15, 0.2) is 5.17 Å². The van der Waals surface area contributed by atoms with Gasteiger partial charge in [-0.1, -0.05) is 75.0 Å². The average Bonchev–Trinajstić information content (AvgIpc) is 2.46. The fourth-order valence-corrected chi connectivity index (χ4v) is 2.60. The van der Waals surface area contributed by atoms with E-state index < -0.39 is 0 Å². The molecule has 0 saturated heterocycles. The summed E-state index contributed by atoms with van der Waals surface area (Å²) < 4.78 is 0. The molecule has 0 amide bonds. The number of aliphatic imine (C=N–C) groups is 1. The fraction of sp³-hybridized carbons (Fsp3) is 0.278. The molecule has 2 nitrogen and oxygen atoms in total. The molecule has 0 aliphatic rings. The van der Waals surface area contributed by atoms with E-state index >= 15 is 0 Å². The zero-order valence-corrected chi connectivity index (χ0v) is 13.7. The van der Waals surface area contributed by atoms with Crippen molar-refractivity contribution in [3.05, 3.63) is 65.7 Å². The minimum absolute atomic E-state index is 0.194. The van der Waals surface area contributed by atoms with Crippen molar-refractivity contribution in [3.8, 4) is 0 Å². The van der Waals surface area contributed by atoms with Gasteiger partial charge in [0.1, 0.15) is 0 Å². The van der Waals surface area contributed by atoms with Crippen molar-refractivity contribution in [2.75, 3.05) is 0 Å². The first kappa shape index (κ1) is 15.6. The molecule has 2 rings (SSSR count). The van der Waals surface area contributed by atoms with Crippen LogP contribution in [0.2, 0.25) is 0 Å². The van der Waals surface area contributed by atoms with Gasteiger partial charge in [0, 0.05) is 5.75 Å².